The highest BCUT2D eigenvalue weighted by atomic mass is 32.2. The third-order valence-corrected chi connectivity index (χ3v) is 7.29. The maximum atomic E-state index is 13.6. The Balaban J connectivity index is 1.84. The van der Waals surface area contributed by atoms with Crippen LogP contribution in [0.5, 0.6) is 11.5 Å². The second-order valence-corrected chi connectivity index (χ2v) is 11.1. The van der Waals surface area contributed by atoms with E-state index in [9.17, 15) is 18.0 Å². The van der Waals surface area contributed by atoms with Crippen molar-refractivity contribution < 1.29 is 22.7 Å². The Morgan fingerprint density at radius 1 is 0.868 bits per heavy atom. The van der Waals surface area contributed by atoms with E-state index in [4.69, 9.17) is 4.74 Å². The Bertz CT molecular complexity index is 1300. The molecule has 38 heavy (non-hydrogen) atoms. The van der Waals surface area contributed by atoms with Crippen molar-refractivity contribution in [2.45, 2.75) is 45.8 Å². The summed E-state index contributed by atoms with van der Waals surface area (Å²) in [4.78, 5) is 28.0. The molecule has 2 amide bonds. The first kappa shape index (κ1) is 28.7. The molecule has 0 aliphatic carbocycles. The van der Waals surface area contributed by atoms with Gasteiger partial charge in [0, 0.05) is 12.6 Å². The molecule has 0 aliphatic rings. The summed E-state index contributed by atoms with van der Waals surface area (Å²) in [7, 11) is -3.82. The zero-order valence-electron chi connectivity index (χ0n) is 22.2. The second-order valence-electron chi connectivity index (χ2n) is 9.18. The minimum absolute atomic E-state index is 0.0530. The highest BCUT2D eigenvalue weighted by Gasteiger charge is 2.30. The van der Waals surface area contributed by atoms with Gasteiger partial charge in [0.2, 0.25) is 21.8 Å². The lowest BCUT2D eigenvalue weighted by Gasteiger charge is -2.32. The van der Waals surface area contributed by atoms with Gasteiger partial charge < -0.3 is 15.0 Å². The molecule has 0 fully saturated rings. The Morgan fingerprint density at radius 3 is 1.97 bits per heavy atom. The average Bonchev–Trinajstić information content (AvgIpc) is 2.91. The molecule has 3 aromatic rings. The molecule has 202 valence electrons. The molecular formula is C29H35N3O5S. The van der Waals surface area contributed by atoms with E-state index in [2.05, 4.69) is 5.32 Å². The minimum Gasteiger partial charge on any atom is -0.457 e. The molecule has 0 aromatic heterocycles. The first-order valence-electron chi connectivity index (χ1n) is 12.5. The van der Waals surface area contributed by atoms with E-state index in [1.807, 2.05) is 74.5 Å². The van der Waals surface area contributed by atoms with Gasteiger partial charge in [-0.05, 0) is 62.2 Å². The normalized spacial score (nSPS) is 12.7. The average molecular weight is 538 g/mol. The molecule has 2 atom stereocenters. The molecule has 3 rings (SSSR count). The lowest BCUT2D eigenvalue weighted by atomic mass is 10.1. The molecule has 0 heterocycles. The van der Waals surface area contributed by atoms with Gasteiger partial charge in [-0.25, -0.2) is 8.42 Å². The van der Waals surface area contributed by atoms with Crippen LogP contribution in [-0.4, -0.2) is 50.0 Å². The molecule has 1 N–H and O–H groups in total. The number of ether oxygens (including phenoxy) is 1. The minimum atomic E-state index is -3.82. The maximum absolute atomic E-state index is 13.6. The highest BCUT2D eigenvalue weighted by molar-refractivity contribution is 7.92. The van der Waals surface area contributed by atoms with Crippen LogP contribution in [0.2, 0.25) is 0 Å². The summed E-state index contributed by atoms with van der Waals surface area (Å²) in [6.45, 7) is 5.22. The first-order valence-corrected chi connectivity index (χ1v) is 14.4. The van der Waals surface area contributed by atoms with Crippen LogP contribution in [0.25, 0.3) is 0 Å². The fourth-order valence-corrected chi connectivity index (χ4v) is 4.60. The molecule has 0 saturated carbocycles. The Kier molecular flexibility index (Phi) is 9.90. The number of rotatable bonds is 12. The number of anilines is 1. The molecule has 0 radical (unpaired) electrons. The zero-order chi connectivity index (χ0) is 27.7. The molecule has 0 saturated heterocycles. The van der Waals surface area contributed by atoms with Gasteiger partial charge in [-0.2, -0.15) is 0 Å². The number of nitrogens with zero attached hydrogens (tertiary/aromatic N) is 2. The van der Waals surface area contributed by atoms with Gasteiger partial charge in [0.15, 0.2) is 0 Å². The Hall–Kier alpha value is -3.85. The predicted octanol–water partition coefficient (Wildman–Crippen LogP) is 4.58. The van der Waals surface area contributed by atoms with Crippen LogP contribution >= 0.6 is 0 Å². The van der Waals surface area contributed by atoms with Crippen molar-refractivity contribution in [2.75, 3.05) is 17.1 Å². The standard InChI is InChI=1S/C29H35N3O5S/c1-5-22(2)30-29(34)23(3)31(20-24-12-8-6-9-13-24)28(33)21-32(38(4,35)36)25-16-18-27(19-17-25)37-26-14-10-7-11-15-26/h6-19,22-23H,5,20-21H2,1-4H3,(H,30,34). The van der Waals surface area contributed by atoms with Gasteiger partial charge >= 0.3 is 0 Å². The lowest BCUT2D eigenvalue weighted by molar-refractivity contribution is -0.139. The summed E-state index contributed by atoms with van der Waals surface area (Å²) in [5.74, 6) is 0.394. The second kappa shape index (κ2) is 13.1. The van der Waals surface area contributed by atoms with Gasteiger partial charge in [0.05, 0.1) is 11.9 Å². The van der Waals surface area contributed by atoms with Gasteiger partial charge in [-0.15, -0.1) is 0 Å². The monoisotopic (exact) mass is 537 g/mol. The zero-order valence-corrected chi connectivity index (χ0v) is 23.0. The molecule has 2 unspecified atom stereocenters. The van der Waals surface area contributed by atoms with Crippen LogP contribution in [0.3, 0.4) is 0 Å². The van der Waals surface area contributed by atoms with E-state index >= 15 is 0 Å². The van der Waals surface area contributed by atoms with Gasteiger partial charge in [0.1, 0.15) is 24.1 Å². The van der Waals surface area contributed by atoms with Crippen molar-refractivity contribution in [1.29, 1.82) is 0 Å². The molecule has 0 spiro atoms. The molecule has 9 heteroatoms. The fraction of sp³-hybridized carbons (Fsp3) is 0.310. The van der Waals surface area contributed by atoms with Crippen molar-refractivity contribution in [3.63, 3.8) is 0 Å². The van der Waals surface area contributed by atoms with E-state index in [1.165, 1.54) is 4.90 Å². The van der Waals surface area contributed by atoms with Crippen LogP contribution in [-0.2, 0) is 26.2 Å². The number of hydrogen-bond acceptors (Lipinski definition) is 5. The number of carbonyl (C=O) groups excluding carboxylic acids is 2. The number of amides is 2. The Labute approximate surface area is 225 Å². The molecule has 0 bridgehead atoms. The topological polar surface area (TPSA) is 96.0 Å². The van der Waals surface area contributed by atoms with E-state index < -0.39 is 28.5 Å². The quantitative estimate of drug-likeness (QED) is 0.365. The summed E-state index contributed by atoms with van der Waals surface area (Å²) in [5, 5.41) is 2.91. The first-order chi connectivity index (χ1) is 18.1. The number of hydrogen-bond donors (Lipinski definition) is 1. The van der Waals surface area contributed by atoms with Crippen LogP contribution in [0, 0.1) is 0 Å². The van der Waals surface area contributed by atoms with Crippen molar-refractivity contribution in [1.82, 2.24) is 10.2 Å². The van der Waals surface area contributed by atoms with Gasteiger partial charge in [0.25, 0.3) is 0 Å². The molecular weight excluding hydrogens is 502 g/mol. The van der Waals surface area contributed by atoms with E-state index in [0.29, 0.717) is 17.2 Å². The van der Waals surface area contributed by atoms with Crippen LogP contribution in [0.4, 0.5) is 5.69 Å². The van der Waals surface area contributed by atoms with Crippen LogP contribution in [0.15, 0.2) is 84.9 Å². The molecule has 3 aromatic carbocycles. The van der Waals surface area contributed by atoms with E-state index in [0.717, 1.165) is 22.5 Å². The van der Waals surface area contributed by atoms with Crippen molar-refractivity contribution in [2.24, 2.45) is 0 Å². The summed E-state index contributed by atoms with van der Waals surface area (Å²) >= 11 is 0. The number of sulfonamides is 1. The van der Waals surface area contributed by atoms with Crippen LogP contribution in [0.1, 0.15) is 32.8 Å². The third kappa shape index (κ3) is 8.08. The maximum Gasteiger partial charge on any atom is 0.244 e. The van der Waals surface area contributed by atoms with Crippen LogP contribution < -0.4 is 14.4 Å². The van der Waals surface area contributed by atoms with Crippen molar-refractivity contribution in [3.05, 3.63) is 90.5 Å². The van der Waals surface area contributed by atoms with Gasteiger partial charge in [-0.1, -0.05) is 55.5 Å². The van der Waals surface area contributed by atoms with Crippen molar-refractivity contribution >= 4 is 27.5 Å². The lowest BCUT2D eigenvalue weighted by Crippen LogP contribution is -2.52. The van der Waals surface area contributed by atoms with E-state index in [1.54, 1.807) is 31.2 Å². The number of carbonyl (C=O) groups is 2. The number of benzene rings is 3. The summed E-state index contributed by atoms with van der Waals surface area (Å²) in [6, 6.07) is 24.1. The van der Waals surface area contributed by atoms with E-state index in [-0.39, 0.29) is 18.5 Å². The largest absolute Gasteiger partial charge is 0.457 e. The highest BCUT2D eigenvalue weighted by Crippen LogP contribution is 2.26. The molecule has 8 nitrogen and oxygen atoms in total. The summed E-state index contributed by atoms with van der Waals surface area (Å²) < 4.78 is 32.3. The third-order valence-electron chi connectivity index (χ3n) is 6.15. The number of nitrogens with one attached hydrogen (secondary N) is 1. The smallest absolute Gasteiger partial charge is 0.244 e. The summed E-state index contributed by atoms with van der Waals surface area (Å²) in [6.07, 6.45) is 1.80. The van der Waals surface area contributed by atoms with Crippen molar-refractivity contribution in [3.8, 4) is 11.5 Å². The number of para-hydroxylation sites is 1. The summed E-state index contributed by atoms with van der Waals surface area (Å²) in [5.41, 5.74) is 1.15. The molecule has 0 aliphatic heterocycles. The fourth-order valence-electron chi connectivity index (χ4n) is 3.75. The van der Waals surface area contributed by atoms with Gasteiger partial charge in [-0.3, -0.25) is 13.9 Å². The predicted molar refractivity (Wildman–Crippen MR) is 149 cm³/mol. The SMILES string of the molecule is CCC(C)NC(=O)C(C)N(Cc1ccccc1)C(=O)CN(c1ccc(Oc2ccccc2)cc1)S(C)(=O)=O. The Morgan fingerprint density at radius 2 is 1.42 bits per heavy atom.